The number of hydrogen-bond acceptors (Lipinski definition) is 3. The molecule has 0 aliphatic carbocycles. The summed E-state index contributed by atoms with van der Waals surface area (Å²) >= 11 is 0. The highest BCUT2D eigenvalue weighted by Gasteiger charge is 2.18. The summed E-state index contributed by atoms with van der Waals surface area (Å²) in [5, 5.41) is 11.6. The highest BCUT2D eigenvalue weighted by molar-refractivity contribution is 5.87. The van der Waals surface area contributed by atoms with E-state index in [-0.39, 0.29) is 0 Å². The third kappa shape index (κ3) is 3.08. The summed E-state index contributed by atoms with van der Waals surface area (Å²) in [5.74, 6) is 0.465. The first-order valence-electron chi connectivity index (χ1n) is 7.62. The molecular weight excluding hydrogens is 262 g/mol. The number of fused-ring (bicyclic) bond motifs is 1. The predicted octanol–water partition coefficient (Wildman–Crippen LogP) is 2.79. The van der Waals surface area contributed by atoms with Gasteiger partial charge in [0.1, 0.15) is 6.29 Å². The van der Waals surface area contributed by atoms with Gasteiger partial charge in [0.15, 0.2) is 0 Å². The van der Waals surface area contributed by atoms with Crippen molar-refractivity contribution in [3.8, 4) is 0 Å². The van der Waals surface area contributed by atoms with Crippen LogP contribution in [0.5, 0.6) is 0 Å². The number of piperidine rings is 1. The molecule has 2 aromatic rings. The van der Waals surface area contributed by atoms with Crippen LogP contribution in [0.4, 0.5) is 5.69 Å². The number of carbonyl (C=O) groups is 1. The molecule has 2 aromatic carbocycles. The molecule has 0 spiro atoms. The lowest BCUT2D eigenvalue weighted by atomic mass is 9.97. The topological polar surface area (TPSA) is 40.5 Å². The Hall–Kier alpha value is -1.87. The lowest BCUT2D eigenvalue weighted by molar-refractivity contribution is -0.107. The van der Waals surface area contributed by atoms with E-state index in [9.17, 15) is 9.90 Å². The summed E-state index contributed by atoms with van der Waals surface area (Å²) in [6.07, 6.45) is 3.55. The van der Waals surface area contributed by atoms with Crippen LogP contribution in [0, 0.1) is 5.92 Å². The van der Waals surface area contributed by atoms with Crippen molar-refractivity contribution in [3.05, 3.63) is 42.0 Å². The van der Waals surface area contributed by atoms with Crippen molar-refractivity contribution in [1.29, 1.82) is 0 Å². The zero-order valence-electron chi connectivity index (χ0n) is 12.2. The molecule has 1 aliphatic heterocycles. The summed E-state index contributed by atoms with van der Waals surface area (Å²) < 4.78 is 0. The highest BCUT2D eigenvalue weighted by Crippen LogP contribution is 2.27. The SMILES string of the molecule is O=CCc1ccc2cc(N3CCC(CO)CC3)ccc2c1. The van der Waals surface area contributed by atoms with Gasteiger partial charge in [-0.3, -0.25) is 0 Å². The Morgan fingerprint density at radius 1 is 1.10 bits per heavy atom. The maximum absolute atomic E-state index is 10.6. The van der Waals surface area contributed by atoms with Crippen LogP contribution in [0.1, 0.15) is 18.4 Å². The summed E-state index contributed by atoms with van der Waals surface area (Å²) in [7, 11) is 0. The fourth-order valence-electron chi connectivity index (χ4n) is 3.08. The molecule has 1 fully saturated rings. The van der Waals surface area contributed by atoms with Crippen LogP contribution in [0.25, 0.3) is 10.8 Å². The van der Waals surface area contributed by atoms with Gasteiger partial charge in [-0.2, -0.15) is 0 Å². The van der Waals surface area contributed by atoms with E-state index in [2.05, 4.69) is 35.2 Å². The number of benzene rings is 2. The van der Waals surface area contributed by atoms with Crippen molar-refractivity contribution in [2.75, 3.05) is 24.6 Å². The van der Waals surface area contributed by atoms with Gasteiger partial charge in [0.25, 0.3) is 0 Å². The molecule has 0 amide bonds. The van der Waals surface area contributed by atoms with Crippen LogP contribution in [0.2, 0.25) is 0 Å². The second kappa shape index (κ2) is 6.27. The fourth-order valence-corrected chi connectivity index (χ4v) is 3.08. The smallest absolute Gasteiger partial charge is 0.124 e. The molecule has 1 N–H and O–H groups in total. The minimum absolute atomic E-state index is 0.311. The molecule has 3 rings (SSSR count). The molecule has 1 saturated heterocycles. The zero-order valence-corrected chi connectivity index (χ0v) is 12.2. The number of nitrogens with zero attached hydrogens (tertiary/aromatic N) is 1. The number of aliphatic hydroxyl groups excluding tert-OH is 1. The Morgan fingerprint density at radius 2 is 1.81 bits per heavy atom. The third-order valence-electron chi connectivity index (χ3n) is 4.45. The lowest BCUT2D eigenvalue weighted by Gasteiger charge is -2.33. The van der Waals surface area contributed by atoms with Crippen molar-refractivity contribution in [1.82, 2.24) is 0 Å². The molecule has 0 unspecified atom stereocenters. The molecule has 1 heterocycles. The number of aldehydes is 1. The van der Waals surface area contributed by atoms with Gasteiger partial charge in [0.05, 0.1) is 0 Å². The molecule has 0 aromatic heterocycles. The molecule has 0 atom stereocenters. The van der Waals surface area contributed by atoms with E-state index in [0.29, 0.717) is 18.9 Å². The third-order valence-corrected chi connectivity index (χ3v) is 4.45. The van der Waals surface area contributed by atoms with Gasteiger partial charge in [-0.15, -0.1) is 0 Å². The Morgan fingerprint density at radius 3 is 2.52 bits per heavy atom. The summed E-state index contributed by atoms with van der Waals surface area (Å²) in [5.41, 5.74) is 2.32. The Balaban J connectivity index is 1.81. The molecule has 1 aliphatic rings. The molecule has 3 heteroatoms. The molecule has 0 saturated carbocycles. The Bertz CT molecular complexity index is 630. The number of anilines is 1. The molecule has 3 nitrogen and oxygen atoms in total. The Labute approximate surface area is 125 Å². The number of rotatable bonds is 4. The normalized spacial score (nSPS) is 16.3. The van der Waals surface area contributed by atoms with Crippen molar-refractivity contribution >= 4 is 22.7 Å². The van der Waals surface area contributed by atoms with Gasteiger partial charge in [-0.1, -0.05) is 24.3 Å². The second-order valence-corrected chi connectivity index (χ2v) is 5.85. The van der Waals surface area contributed by atoms with E-state index in [1.807, 2.05) is 6.07 Å². The van der Waals surface area contributed by atoms with E-state index < -0.39 is 0 Å². The summed E-state index contributed by atoms with van der Waals surface area (Å²) in [6, 6.07) is 12.7. The van der Waals surface area contributed by atoms with Crippen LogP contribution < -0.4 is 4.90 Å². The first-order valence-corrected chi connectivity index (χ1v) is 7.62. The van der Waals surface area contributed by atoms with Crippen LogP contribution >= 0.6 is 0 Å². The van der Waals surface area contributed by atoms with E-state index in [0.717, 1.165) is 37.8 Å². The molecule has 110 valence electrons. The largest absolute Gasteiger partial charge is 0.396 e. The van der Waals surface area contributed by atoms with E-state index in [1.165, 1.54) is 16.5 Å². The fraction of sp³-hybridized carbons (Fsp3) is 0.389. The molecule has 0 bridgehead atoms. The van der Waals surface area contributed by atoms with Gasteiger partial charge in [0.2, 0.25) is 0 Å². The van der Waals surface area contributed by atoms with Gasteiger partial charge < -0.3 is 14.8 Å². The van der Waals surface area contributed by atoms with Gasteiger partial charge in [0, 0.05) is 31.8 Å². The van der Waals surface area contributed by atoms with Crippen LogP contribution in [-0.2, 0) is 11.2 Å². The summed E-state index contributed by atoms with van der Waals surface area (Å²) in [6.45, 7) is 2.34. The second-order valence-electron chi connectivity index (χ2n) is 5.85. The zero-order chi connectivity index (χ0) is 14.7. The van der Waals surface area contributed by atoms with Crippen molar-refractivity contribution in [2.45, 2.75) is 19.3 Å². The lowest BCUT2D eigenvalue weighted by Crippen LogP contribution is -2.34. The number of aliphatic hydroxyl groups is 1. The van der Waals surface area contributed by atoms with Gasteiger partial charge in [-0.05, 0) is 47.2 Å². The average Bonchev–Trinajstić information content (AvgIpc) is 2.55. The molecule has 21 heavy (non-hydrogen) atoms. The van der Waals surface area contributed by atoms with Crippen molar-refractivity contribution in [3.63, 3.8) is 0 Å². The summed E-state index contributed by atoms with van der Waals surface area (Å²) in [4.78, 5) is 13.0. The minimum Gasteiger partial charge on any atom is -0.396 e. The average molecular weight is 283 g/mol. The molecular formula is C18H21NO2. The Kier molecular flexibility index (Phi) is 4.20. The number of hydrogen-bond donors (Lipinski definition) is 1. The van der Waals surface area contributed by atoms with Gasteiger partial charge in [-0.25, -0.2) is 0 Å². The first kappa shape index (κ1) is 14.1. The first-order chi connectivity index (χ1) is 10.3. The monoisotopic (exact) mass is 283 g/mol. The van der Waals surface area contributed by atoms with Crippen molar-refractivity contribution in [2.24, 2.45) is 5.92 Å². The minimum atomic E-state index is 0.311. The van der Waals surface area contributed by atoms with Crippen molar-refractivity contribution < 1.29 is 9.90 Å². The molecule has 0 radical (unpaired) electrons. The van der Waals surface area contributed by atoms with Crippen LogP contribution in [0.15, 0.2) is 36.4 Å². The predicted molar refractivity (Wildman–Crippen MR) is 85.7 cm³/mol. The maximum atomic E-state index is 10.6. The standard InChI is InChI=1S/C18H21NO2/c20-10-7-14-1-2-17-12-18(4-3-16(17)11-14)19-8-5-15(13-21)6-9-19/h1-4,10-12,15,21H,5-9,13H2. The van der Waals surface area contributed by atoms with Crippen LogP contribution in [-0.4, -0.2) is 31.1 Å². The highest BCUT2D eigenvalue weighted by atomic mass is 16.3. The van der Waals surface area contributed by atoms with E-state index >= 15 is 0 Å². The maximum Gasteiger partial charge on any atom is 0.124 e. The van der Waals surface area contributed by atoms with Crippen LogP contribution in [0.3, 0.4) is 0 Å². The quantitative estimate of drug-likeness (QED) is 0.877. The number of carbonyl (C=O) groups excluding carboxylic acids is 1. The van der Waals surface area contributed by atoms with Gasteiger partial charge >= 0.3 is 0 Å². The van der Waals surface area contributed by atoms with E-state index in [4.69, 9.17) is 0 Å². The van der Waals surface area contributed by atoms with E-state index in [1.54, 1.807) is 0 Å².